The molecule has 3 N–H and O–H groups in total. The van der Waals surface area contributed by atoms with Crippen LogP contribution in [-0.4, -0.2) is 22.8 Å². The van der Waals surface area contributed by atoms with Crippen molar-refractivity contribution in [1.29, 1.82) is 0 Å². The van der Waals surface area contributed by atoms with E-state index in [2.05, 4.69) is 10.4 Å². The van der Waals surface area contributed by atoms with Crippen LogP contribution >= 0.6 is 0 Å². The summed E-state index contributed by atoms with van der Waals surface area (Å²) < 4.78 is 19.8. The Morgan fingerprint density at radius 3 is 3.00 bits per heavy atom. The number of ether oxygens (including phenoxy) is 1. The molecule has 1 aromatic carbocycles. The van der Waals surface area contributed by atoms with Gasteiger partial charge in [-0.15, -0.1) is 0 Å². The summed E-state index contributed by atoms with van der Waals surface area (Å²) in [4.78, 5) is 11.7. The standard InChI is InChI=1S/C12H13FN4O2/c1-19-9-2-3-10(13)11(4-9)16-12(18)7-17-6-8(14)5-15-17/h2-6H,7,14H2,1H3,(H,16,18). The lowest BCUT2D eigenvalue weighted by Crippen LogP contribution is -2.19. The number of hydrogen-bond acceptors (Lipinski definition) is 4. The van der Waals surface area contributed by atoms with Crippen LogP contribution in [0.25, 0.3) is 0 Å². The molecule has 2 rings (SSSR count). The number of anilines is 2. The maximum atomic E-state index is 13.5. The highest BCUT2D eigenvalue weighted by molar-refractivity contribution is 5.90. The second-order valence-corrected chi connectivity index (χ2v) is 3.87. The van der Waals surface area contributed by atoms with Crippen molar-refractivity contribution >= 4 is 17.3 Å². The quantitative estimate of drug-likeness (QED) is 0.870. The number of nitrogens with zero attached hydrogens (tertiary/aromatic N) is 2. The van der Waals surface area contributed by atoms with E-state index in [1.54, 1.807) is 0 Å². The lowest BCUT2D eigenvalue weighted by atomic mass is 10.3. The monoisotopic (exact) mass is 264 g/mol. The summed E-state index contributed by atoms with van der Waals surface area (Å²) in [6, 6.07) is 4.10. The van der Waals surface area contributed by atoms with Crippen LogP contribution in [0.15, 0.2) is 30.6 Å². The Kier molecular flexibility index (Phi) is 3.65. The predicted octanol–water partition coefficient (Wildman–Crippen LogP) is 1.25. The Bertz CT molecular complexity index is 597. The number of carbonyl (C=O) groups is 1. The van der Waals surface area contributed by atoms with E-state index in [9.17, 15) is 9.18 Å². The van der Waals surface area contributed by atoms with E-state index in [1.807, 2.05) is 0 Å². The molecule has 1 amide bonds. The van der Waals surface area contributed by atoms with Crippen LogP contribution < -0.4 is 15.8 Å². The number of nitrogen functional groups attached to an aromatic ring is 1. The van der Waals surface area contributed by atoms with Gasteiger partial charge in [0.25, 0.3) is 0 Å². The lowest BCUT2D eigenvalue weighted by molar-refractivity contribution is -0.116. The number of nitrogens with two attached hydrogens (primary N) is 1. The molecule has 0 saturated heterocycles. The second kappa shape index (κ2) is 5.38. The lowest BCUT2D eigenvalue weighted by Gasteiger charge is -2.08. The molecule has 1 aromatic heterocycles. The minimum atomic E-state index is -0.533. The first-order chi connectivity index (χ1) is 9.08. The van der Waals surface area contributed by atoms with Gasteiger partial charge in [0, 0.05) is 12.3 Å². The van der Waals surface area contributed by atoms with Crippen molar-refractivity contribution in [3.05, 3.63) is 36.4 Å². The average Bonchev–Trinajstić information content (AvgIpc) is 2.77. The van der Waals surface area contributed by atoms with Crippen LogP contribution in [0.2, 0.25) is 0 Å². The minimum Gasteiger partial charge on any atom is -0.497 e. The molecular weight excluding hydrogens is 251 g/mol. The van der Waals surface area contributed by atoms with Crippen molar-refractivity contribution < 1.29 is 13.9 Å². The van der Waals surface area contributed by atoms with Crippen LogP contribution in [0.1, 0.15) is 0 Å². The number of hydrogen-bond donors (Lipinski definition) is 2. The Hall–Kier alpha value is -2.57. The molecule has 0 unspecified atom stereocenters. The molecule has 0 spiro atoms. The van der Waals surface area contributed by atoms with Gasteiger partial charge in [-0.1, -0.05) is 0 Å². The summed E-state index contributed by atoms with van der Waals surface area (Å²) in [5.74, 6) is -0.482. The summed E-state index contributed by atoms with van der Waals surface area (Å²) in [7, 11) is 1.46. The number of nitrogens with one attached hydrogen (secondary N) is 1. The summed E-state index contributed by atoms with van der Waals surface area (Å²) in [6.45, 7) is -0.0478. The highest BCUT2D eigenvalue weighted by Gasteiger charge is 2.09. The Balaban J connectivity index is 2.06. The zero-order chi connectivity index (χ0) is 13.8. The fourth-order valence-corrected chi connectivity index (χ4v) is 1.53. The van der Waals surface area contributed by atoms with Gasteiger partial charge in [-0.25, -0.2) is 4.39 Å². The number of aromatic nitrogens is 2. The molecule has 0 saturated carbocycles. The Morgan fingerprint density at radius 2 is 2.37 bits per heavy atom. The van der Waals surface area contributed by atoms with E-state index in [0.29, 0.717) is 11.4 Å². The molecule has 0 radical (unpaired) electrons. The van der Waals surface area contributed by atoms with Gasteiger partial charge in [0.15, 0.2) is 0 Å². The van der Waals surface area contributed by atoms with E-state index >= 15 is 0 Å². The third kappa shape index (κ3) is 3.21. The van der Waals surface area contributed by atoms with Crippen LogP contribution in [0, 0.1) is 5.82 Å². The van der Waals surface area contributed by atoms with Crippen molar-refractivity contribution in [3.63, 3.8) is 0 Å². The molecule has 0 fully saturated rings. The molecule has 0 aliphatic carbocycles. The fraction of sp³-hybridized carbons (Fsp3) is 0.167. The summed E-state index contributed by atoms with van der Waals surface area (Å²) in [6.07, 6.45) is 2.95. The normalized spacial score (nSPS) is 10.2. The number of benzene rings is 1. The van der Waals surface area contributed by atoms with Crippen molar-refractivity contribution in [3.8, 4) is 5.75 Å². The molecule has 0 atom stereocenters. The Morgan fingerprint density at radius 1 is 1.58 bits per heavy atom. The largest absolute Gasteiger partial charge is 0.497 e. The maximum Gasteiger partial charge on any atom is 0.246 e. The highest BCUT2D eigenvalue weighted by Crippen LogP contribution is 2.20. The third-order valence-electron chi connectivity index (χ3n) is 2.41. The van der Waals surface area contributed by atoms with E-state index in [1.165, 1.54) is 42.4 Å². The minimum absolute atomic E-state index is 0.0478. The summed E-state index contributed by atoms with van der Waals surface area (Å²) >= 11 is 0. The van der Waals surface area contributed by atoms with Gasteiger partial charge in [-0.05, 0) is 12.1 Å². The molecule has 100 valence electrons. The molecule has 2 aromatic rings. The molecule has 0 aliphatic rings. The topological polar surface area (TPSA) is 82.2 Å². The van der Waals surface area contributed by atoms with Crippen LogP contribution in [0.3, 0.4) is 0 Å². The maximum absolute atomic E-state index is 13.5. The van der Waals surface area contributed by atoms with E-state index < -0.39 is 11.7 Å². The van der Waals surface area contributed by atoms with Crippen LogP contribution in [0.4, 0.5) is 15.8 Å². The third-order valence-corrected chi connectivity index (χ3v) is 2.41. The van der Waals surface area contributed by atoms with Gasteiger partial charge >= 0.3 is 0 Å². The first kappa shape index (κ1) is 12.9. The fourth-order valence-electron chi connectivity index (χ4n) is 1.53. The van der Waals surface area contributed by atoms with E-state index in [-0.39, 0.29) is 12.2 Å². The van der Waals surface area contributed by atoms with Crippen molar-refractivity contribution in [1.82, 2.24) is 9.78 Å². The number of methoxy groups -OCH3 is 1. The van der Waals surface area contributed by atoms with E-state index in [4.69, 9.17) is 10.5 Å². The molecule has 19 heavy (non-hydrogen) atoms. The predicted molar refractivity (Wildman–Crippen MR) is 68.2 cm³/mol. The molecule has 6 nitrogen and oxygen atoms in total. The summed E-state index contributed by atoms with van der Waals surface area (Å²) in [5.41, 5.74) is 6.00. The average molecular weight is 264 g/mol. The van der Waals surface area contributed by atoms with Crippen molar-refractivity contribution in [2.75, 3.05) is 18.2 Å². The summed E-state index contributed by atoms with van der Waals surface area (Å²) in [5, 5.41) is 6.31. The number of amides is 1. The molecule has 0 bridgehead atoms. The van der Waals surface area contributed by atoms with Gasteiger partial charge in [-0.3, -0.25) is 9.48 Å². The van der Waals surface area contributed by atoms with Gasteiger partial charge in [-0.2, -0.15) is 5.10 Å². The van der Waals surface area contributed by atoms with Gasteiger partial charge < -0.3 is 15.8 Å². The Labute approximate surface area is 109 Å². The van der Waals surface area contributed by atoms with Crippen LogP contribution in [-0.2, 0) is 11.3 Å². The highest BCUT2D eigenvalue weighted by atomic mass is 19.1. The zero-order valence-electron chi connectivity index (χ0n) is 10.3. The number of carbonyl (C=O) groups excluding carboxylic acids is 1. The first-order valence-electron chi connectivity index (χ1n) is 5.50. The van der Waals surface area contributed by atoms with Crippen molar-refractivity contribution in [2.24, 2.45) is 0 Å². The zero-order valence-corrected chi connectivity index (χ0v) is 10.3. The van der Waals surface area contributed by atoms with Gasteiger partial charge in [0.2, 0.25) is 5.91 Å². The van der Waals surface area contributed by atoms with E-state index in [0.717, 1.165) is 0 Å². The second-order valence-electron chi connectivity index (χ2n) is 3.87. The molecular formula is C12H13FN4O2. The smallest absolute Gasteiger partial charge is 0.246 e. The first-order valence-corrected chi connectivity index (χ1v) is 5.50. The van der Waals surface area contributed by atoms with Crippen molar-refractivity contribution in [2.45, 2.75) is 6.54 Å². The number of rotatable bonds is 4. The van der Waals surface area contributed by atoms with Gasteiger partial charge in [0.1, 0.15) is 18.1 Å². The molecule has 1 heterocycles. The van der Waals surface area contributed by atoms with Crippen LogP contribution in [0.5, 0.6) is 5.75 Å². The number of halogens is 1. The molecule has 7 heteroatoms. The molecule has 0 aliphatic heterocycles. The van der Waals surface area contributed by atoms with Gasteiger partial charge in [0.05, 0.1) is 24.7 Å². The SMILES string of the molecule is COc1ccc(F)c(NC(=O)Cn2cc(N)cn2)c1.